The summed E-state index contributed by atoms with van der Waals surface area (Å²) in [7, 11) is 0. The van der Waals surface area contributed by atoms with E-state index in [9.17, 15) is 4.79 Å². The number of amides is 1. The second kappa shape index (κ2) is 6.35. The number of nitrogens with two attached hydrogens (primary N) is 1. The Labute approximate surface area is 156 Å². The van der Waals surface area contributed by atoms with Gasteiger partial charge in [0.25, 0.3) is 0 Å². The number of nitrogens with one attached hydrogen (secondary N) is 1. The Hall–Kier alpha value is -1.39. The molecular weight excluding hydrogens is 322 g/mol. The van der Waals surface area contributed by atoms with Gasteiger partial charge >= 0.3 is 0 Å². The molecule has 5 fully saturated rings. The van der Waals surface area contributed by atoms with Crippen molar-refractivity contribution in [2.75, 3.05) is 19.6 Å². The second-order valence-electron chi connectivity index (χ2n) is 9.62. The van der Waals surface area contributed by atoms with Crippen molar-refractivity contribution in [3.63, 3.8) is 0 Å². The van der Waals surface area contributed by atoms with Crippen LogP contribution >= 0.6 is 0 Å². The summed E-state index contributed by atoms with van der Waals surface area (Å²) in [5.41, 5.74) is 7.80. The van der Waals surface area contributed by atoms with Crippen molar-refractivity contribution >= 4 is 5.91 Å². The monoisotopic (exact) mass is 353 g/mol. The van der Waals surface area contributed by atoms with Gasteiger partial charge in [-0.1, -0.05) is 30.3 Å². The van der Waals surface area contributed by atoms with Crippen molar-refractivity contribution in [3.8, 4) is 0 Å². The van der Waals surface area contributed by atoms with Gasteiger partial charge in [-0.15, -0.1) is 0 Å². The number of likely N-dealkylation sites (tertiary alicyclic amines) is 1. The van der Waals surface area contributed by atoms with E-state index >= 15 is 0 Å². The fourth-order valence-electron chi connectivity index (χ4n) is 6.90. The number of nitrogens with zero attached hydrogens (tertiary/aromatic N) is 1. The molecule has 4 bridgehead atoms. The molecule has 2 atom stereocenters. The van der Waals surface area contributed by atoms with Gasteiger partial charge in [-0.25, -0.2) is 0 Å². The number of carbonyl (C=O) groups is 1. The van der Waals surface area contributed by atoms with Crippen LogP contribution in [-0.2, 0) is 4.79 Å². The Bertz CT molecular complexity index is 638. The third-order valence-electron chi connectivity index (χ3n) is 7.48. The van der Waals surface area contributed by atoms with Crippen molar-refractivity contribution in [3.05, 3.63) is 35.9 Å². The Morgan fingerprint density at radius 1 is 1.04 bits per heavy atom. The fraction of sp³-hybridized carbons (Fsp3) is 0.682. The zero-order valence-corrected chi connectivity index (χ0v) is 15.6. The van der Waals surface area contributed by atoms with Gasteiger partial charge in [-0.05, 0) is 61.8 Å². The summed E-state index contributed by atoms with van der Waals surface area (Å²) in [5.74, 6) is 3.15. The van der Waals surface area contributed by atoms with E-state index in [1.165, 1.54) is 44.1 Å². The van der Waals surface area contributed by atoms with Crippen LogP contribution in [-0.4, -0.2) is 42.0 Å². The van der Waals surface area contributed by atoms with E-state index in [4.69, 9.17) is 5.73 Å². The molecule has 0 aromatic heterocycles. The molecule has 4 aliphatic carbocycles. The molecule has 1 aromatic carbocycles. The normalized spacial score (nSPS) is 41.5. The average molecular weight is 354 g/mol. The molecule has 1 amide bonds. The zero-order chi connectivity index (χ0) is 17.7. The highest BCUT2D eigenvalue weighted by molar-refractivity contribution is 5.79. The molecule has 1 aliphatic heterocycles. The highest BCUT2D eigenvalue weighted by Crippen LogP contribution is 2.55. The van der Waals surface area contributed by atoms with Crippen LogP contribution in [0.2, 0.25) is 0 Å². The summed E-state index contributed by atoms with van der Waals surface area (Å²) in [6.45, 7) is 2.20. The number of hydrogen-bond donors (Lipinski definition) is 2. The van der Waals surface area contributed by atoms with Gasteiger partial charge in [0, 0.05) is 30.6 Å². The Morgan fingerprint density at radius 3 is 2.27 bits per heavy atom. The standard InChI is InChI=1S/C22H31N3O/c23-20-13-25(12-19(20)18-4-2-1-3-5-18)14-21(26)24-22-9-15-6-16(10-22)8-17(7-15)11-22/h1-5,15-17,19-20H,6-14,23H2,(H,24,26)/t15?,16?,17?,19-,20+,22?/m0/s1. The van der Waals surface area contributed by atoms with Gasteiger partial charge in [0.2, 0.25) is 5.91 Å². The molecule has 4 saturated carbocycles. The number of carbonyl (C=O) groups excluding carboxylic acids is 1. The number of hydrogen-bond acceptors (Lipinski definition) is 3. The minimum Gasteiger partial charge on any atom is -0.350 e. The summed E-state index contributed by atoms with van der Waals surface area (Å²) in [6, 6.07) is 10.6. The number of benzene rings is 1. The molecule has 5 aliphatic rings. The third-order valence-corrected chi connectivity index (χ3v) is 7.48. The number of rotatable bonds is 4. The van der Waals surface area contributed by atoms with Gasteiger partial charge < -0.3 is 11.1 Å². The SMILES string of the molecule is N[C@@H]1CN(CC(=O)NC23CC4CC(CC(C4)C2)C3)C[C@H]1c1ccccc1. The zero-order valence-electron chi connectivity index (χ0n) is 15.6. The van der Waals surface area contributed by atoms with Crippen molar-refractivity contribution in [1.29, 1.82) is 0 Å². The molecule has 3 N–H and O–H groups in total. The Balaban J connectivity index is 1.20. The lowest BCUT2D eigenvalue weighted by atomic mass is 9.53. The van der Waals surface area contributed by atoms with Crippen LogP contribution in [0, 0.1) is 17.8 Å². The molecule has 140 valence electrons. The van der Waals surface area contributed by atoms with Gasteiger partial charge in [-0.2, -0.15) is 0 Å². The average Bonchev–Trinajstić information content (AvgIpc) is 2.94. The maximum atomic E-state index is 12.8. The summed E-state index contributed by atoms with van der Waals surface area (Å²) >= 11 is 0. The summed E-state index contributed by atoms with van der Waals surface area (Å²) in [6.07, 6.45) is 7.89. The second-order valence-corrected chi connectivity index (χ2v) is 9.62. The third kappa shape index (κ3) is 3.07. The van der Waals surface area contributed by atoms with E-state index in [0.717, 1.165) is 30.8 Å². The maximum absolute atomic E-state index is 12.8. The fourth-order valence-corrected chi connectivity index (χ4v) is 6.90. The first kappa shape index (κ1) is 16.8. The van der Waals surface area contributed by atoms with Gasteiger partial charge in [0.1, 0.15) is 0 Å². The van der Waals surface area contributed by atoms with E-state index in [-0.39, 0.29) is 17.5 Å². The van der Waals surface area contributed by atoms with Crippen LogP contribution < -0.4 is 11.1 Å². The molecule has 4 heteroatoms. The van der Waals surface area contributed by atoms with Crippen LogP contribution in [0.3, 0.4) is 0 Å². The van der Waals surface area contributed by atoms with Crippen LogP contribution in [0.5, 0.6) is 0 Å². The van der Waals surface area contributed by atoms with Crippen LogP contribution in [0.1, 0.15) is 50.0 Å². The molecule has 1 aromatic rings. The first-order valence-corrected chi connectivity index (χ1v) is 10.4. The van der Waals surface area contributed by atoms with E-state index in [2.05, 4.69) is 34.5 Å². The Kier molecular flexibility index (Phi) is 4.09. The minimum absolute atomic E-state index is 0.116. The highest BCUT2D eigenvalue weighted by atomic mass is 16.2. The summed E-state index contributed by atoms with van der Waals surface area (Å²) in [5, 5.41) is 3.50. The van der Waals surface area contributed by atoms with Crippen molar-refractivity contribution in [2.24, 2.45) is 23.5 Å². The van der Waals surface area contributed by atoms with Crippen LogP contribution in [0.4, 0.5) is 0 Å². The molecule has 6 rings (SSSR count). The molecule has 1 saturated heterocycles. The minimum atomic E-state index is 0.116. The van der Waals surface area contributed by atoms with E-state index in [1.54, 1.807) is 0 Å². The van der Waals surface area contributed by atoms with Crippen molar-refractivity contribution < 1.29 is 4.79 Å². The lowest BCUT2D eigenvalue weighted by Crippen LogP contribution is -2.60. The van der Waals surface area contributed by atoms with Crippen molar-refractivity contribution in [1.82, 2.24) is 10.2 Å². The van der Waals surface area contributed by atoms with Gasteiger partial charge in [0.05, 0.1) is 6.54 Å². The molecule has 26 heavy (non-hydrogen) atoms. The Morgan fingerprint density at radius 2 is 1.65 bits per heavy atom. The van der Waals surface area contributed by atoms with Crippen molar-refractivity contribution in [2.45, 2.75) is 56.0 Å². The van der Waals surface area contributed by atoms with E-state index < -0.39 is 0 Å². The predicted molar refractivity (Wildman–Crippen MR) is 103 cm³/mol. The molecule has 0 spiro atoms. The molecule has 1 heterocycles. The largest absolute Gasteiger partial charge is 0.350 e. The highest BCUT2D eigenvalue weighted by Gasteiger charge is 2.51. The summed E-state index contributed by atoms with van der Waals surface area (Å²) < 4.78 is 0. The topological polar surface area (TPSA) is 58.4 Å². The molecule has 0 unspecified atom stereocenters. The predicted octanol–water partition coefficient (Wildman–Crippen LogP) is 2.50. The first-order chi connectivity index (χ1) is 12.6. The molecule has 4 nitrogen and oxygen atoms in total. The quantitative estimate of drug-likeness (QED) is 0.874. The smallest absolute Gasteiger partial charge is 0.234 e. The van der Waals surface area contributed by atoms with Crippen LogP contribution in [0.15, 0.2) is 30.3 Å². The first-order valence-electron chi connectivity index (χ1n) is 10.4. The van der Waals surface area contributed by atoms with Gasteiger partial charge in [-0.3, -0.25) is 9.69 Å². The van der Waals surface area contributed by atoms with Gasteiger partial charge in [0.15, 0.2) is 0 Å². The van der Waals surface area contributed by atoms with Crippen LogP contribution in [0.25, 0.3) is 0 Å². The van der Waals surface area contributed by atoms with E-state index in [0.29, 0.717) is 12.5 Å². The molecular formula is C22H31N3O. The lowest BCUT2D eigenvalue weighted by molar-refractivity contribution is -0.127. The van der Waals surface area contributed by atoms with E-state index in [1.807, 2.05) is 6.07 Å². The summed E-state index contributed by atoms with van der Waals surface area (Å²) in [4.78, 5) is 15.1. The molecule has 0 radical (unpaired) electrons. The lowest BCUT2D eigenvalue weighted by Gasteiger charge is -2.57. The maximum Gasteiger partial charge on any atom is 0.234 e.